The molecular weight excluding hydrogens is 286 g/mol. The molecule has 0 unspecified atom stereocenters. The molecule has 3 rings (SSSR count). The van der Waals surface area contributed by atoms with Crippen LogP contribution in [-0.4, -0.2) is 36.3 Å². The average molecular weight is 311 g/mol. The van der Waals surface area contributed by atoms with Crippen LogP contribution in [0.15, 0.2) is 48.5 Å². The number of hydrogen-bond donors (Lipinski definition) is 1. The lowest BCUT2D eigenvalue weighted by atomic mass is 10.1. The van der Waals surface area contributed by atoms with Crippen molar-refractivity contribution in [3.05, 3.63) is 65.2 Å². The molecule has 0 saturated carbocycles. The summed E-state index contributed by atoms with van der Waals surface area (Å²) in [5.41, 5.74) is 3.94. The summed E-state index contributed by atoms with van der Waals surface area (Å²) >= 11 is 0. The van der Waals surface area contributed by atoms with E-state index in [-0.39, 0.29) is 0 Å². The molecule has 23 heavy (non-hydrogen) atoms. The Bertz CT molecular complexity index is 656. The van der Waals surface area contributed by atoms with Gasteiger partial charge in [-0.05, 0) is 49.6 Å². The number of hydrogen-bond acceptors (Lipinski definition) is 3. The third-order valence-electron chi connectivity index (χ3n) is 4.66. The zero-order valence-corrected chi connectivity index (χ0v) is 13.9. The van der Waals surface area contributed by atoms with Crippen molar-refractivity contribution in [2.75, 3.05) is 20.2 Å². The van der Waals surface area contributed by atoms with Crippen molar-refractivity contribution >= 4 is 0 Å². The average Bonchev–Trinajstić information content (AvgIpc) is 2.98. The van der Waals surface area contributed by atoms with Crippen LogP contribution in [-0.2, 0) is 6.42 Å². The molecular formula is C20H25NO2. The summed E-state index contributed by atoms with van der Waals surface area (Å²) in [7, 11) is 2.09. The Morgan fingerprint density at radius 3 is 2.74 bits per heavy atom. The van der Waals surface area contributed by atoms with Gasteiger partial charge in [-0.15, -0.1) is 0 Å². The molecule has 0 heterocycles. The highest BCUT2D eigenvalue weighted by atomic mass is 16.5. The van der Waals surface area contributed by atoms with E-state index in [1.54, 1.807) is 0 Å². The molecule has 0 bridgehead atoms. The van der Waals surface area contributed by atoms with Crippen molar-refractivity contribution in [3.8, 4) is 5.75 Å². The van der Waals surface area contributed by atoms with Crippen LogP contribution in [0.1, 0.15) is 29.2 Å². The molecule has 0 amide bonds. The molecule has 3 nitrogen and oxygen atoms in total. The number of ether oxygens (including phenoxy) is 1. The number of benzene rings is 2. The number of aryl methyl sites for hydroxylation is 2. The van der Waals surface area contributed by atoms with Crippen LogP contribution in [0.4, 0.5) is 0 Å². The summed E-state index contributed by atoms with van der Waals surface area (Å²) in [6.07, 6.45) is 1.76. The largest absolute Gasteiger partial charge is 0.491 e. The fraction of sp³-hybridized carbons (Fsp3) is 0.400. The third-order valence-corrected chi connectivity index (χ3v) is 4.66. The first-order valence-corrected chi connectivity index (χ1v) is 8.29. The molecule has 0 fully saturated rings. The van der Waals surface area contributed by atoms with Gasteiger partial charge in [-0.25, -0.2) is 0 Å². The monoisotopic (exact) mass is 311 g/mol. The van der Waals surface area contributed by atoms with E-state index in [0.29, 0.717) is 19.2 Å². The molecule has 2 atom stereocenters. The van der Waals surface area contributed by atoms with Crippen LogP contribution in [0.2, 0.25) is 0 Å². The minimum atomic E-state index is -0.493. The highest BCUT2D eigenvalue weighted by Crippen LogP contribution is 2.34. The van der Waals surface area contributed by atoms with Crippen molar-refractivity contribution in [1.82, 2.24) is 4.90 Å². The number of nitrogens with zero attached hydrogens (tertiary/aromatic N) is 1. The second-order valence-electron chi connectivity index (χ2n) is 6.42. The van der Waals surface area contributed by atoms with Gasteiger partial charge in [0.15, 0.2) is 0 Å². The van der Waals surface area contributed by atoms with Crippen LogP contribution in [0.5, 0.6) is 5.75 Å². The van der Waals surface area contributed by atoms with Gasteiger partial charge in [-0.1, -0.05) is 42.5 Å². The van der Waals surface area contributed by atoms with Crippen LogP contribution >= 0.6 is 0 Å². The van der Waals surface area contributed by atoms with Gasteiger partial charge in [0.1, 0.15) is 18.5 Å². The first kappa shape index (κ1) is 16.0. The molecule has 1 N–H and O–H groups in total. The third kappa shape index (κ3) is 3.74. The minimum Gasteiger partial charge on any atom is -0.491 e. The lowest BCUT2D eigenvalue weighted by molar-refractivity contribution is 0.0627. The van der Waals surface area contributed by atoms with E-state index in [9.17, 15) is 5.11 Å². The van der Waals surface area contributed by atoms with Gasteiger partial charge >= 0.3 is 0 Å². The Labute approximate surface area is 138 Å². The highest BCUT2D eigenvalue weighted by Gasteiger charge is 2.26. The van der Waals surface area contributed by atoms with E-state index in [1.165, 1.54) is 11.1 Å². The van der Waals surface area contributed by atoms with Crippen molar-refractivity contribution in [1.29, 1.82) is 0 Å². The number of rotatable bonds is 6. The van der Waals surface area contributed by atoms with Crippen molar-refractivity contribution in [2.24, 2.45) is 0 Å². The minimum absolute atomic E-state index is 0.323. The van der Waals surface area contributed by atoms with Crippen LogP contribution in [0.3, 0.4) is 0 Å². The Balaban J connectivity index is 1.54. The number of para-hydroxylation sites is 1. The van der Waals surface area contributed by atoms with Crippen LogP contribution in [0.25, 0.3) is 0 Å². The Morgan fingerprint density at radius 1 is 1.17 bits per heavy atom. The second-order valence-corrected chi connectivity index (χ2v) is 6.42. The molecule has 2 aromatic carbocycles. The topological polar surface area (TPSA) is 32.7 Å². The molecule has 3 heteroatoms. The Hall–Kier alpha value is -1.84. The van der Waals surface area contributed by atoms with Crippen molar-refractivity contribution < 1.29 is 9.84 Å². The molecule has 0 radical (unpaired) electrons. The second kappa shape index (κ2) is 7.16. The predicted octanol–water partition coefficient (Wildman–Crippen LogP) is 3.35. The molecule has 0 saturated heterocycles. The van der Waals surface area contributed by atoms with Gasteiger partial charge in [0.05, 0.1) is 0 Å². The summed E-state index contributed by atoms with van der Waals surface area (Å²) in [5, 5.41) is 10.3. The predicted molar refractivity (Wildman–Crippen MR) is 92.8 cm³/mol. The van der Waals surface area contributed by atoms with Crippen molar-refractivity contribution in [2.45, 2.75) is 31.9 Å². The van der Waals surface area contributed by atoms with Gasteiger partial charge < -0.3 is 9.84 Å². The van der Waals surface area contributed by atoms with Gasteiger partial charge in [0, 0.05) is 12.6 Å². The molecule has 1 aliphatic rings. The summed E-state index contributed by atoms with van der Waals surface area (Å²) < 4.78 is 5.75. The zero-order valence-electron chi connectivity index (χ0n) is 13.9. The van der Waals surface area contributed by atoms with E-state index < -0.39 is 6.10 Å². The molecule has 0 aliphatic heterocycles. The van der Waals surface area contributed by atoms with Gasteiger partial charge in [-0.3, -0.25) is 4.90 Å². The maximum absolute atomic E-state index is 10.3. The van der Waals surface area contributed by atoms with E-state index in [0.717, 1.165) is 24.2 Å². The smallest absolute Gasteiger partial charge is 0.122 e. The summed E-state index contributed by atoms with van der Waals surface area (Å²) in [6.45, 7) is 2.96. The first-order valence-electron chi connectivity index (χ1n) is 8.29. The van der Waals surface area contributed by atoms with E-state index >= 15 is 0 Å². The van der Waals surface area contributed by atoms with E-state index in [1.807, 2.05) is 31.2 Å². The fourth-order valence-electron chi connectivity index (χ4n) is 3.41. The summed E-state index contributed by atoms with van der Waals surface area (Å²) in [4.78, 5) is 2.25. The number of aliphatic hydroxyl groups is 1. The fourth-order valence-corrected chi connectivity index (χ4v) is 3.41. The first-order chi connectivity index (χ1) is 11.1. The van der Waals surface area contributed by atoms with Crippen LogP contribution in [0, 0.1) is 6.92 Å². The molecule has 0 aromatic heterocycles. The quantitative estimate of drug-likeness (QED) is 0.888. The van der Waals surface area contributed by atoms with Crippen molar-refractivity contribution in [3.63, 3.8) is 0 Å². The SMILES string of the molecule is Cc1ccccc1OC[C@@H](O)CN(C)[C@@H]1CCc2ccccc21. The lowest BCUT2D eigenvalue weighted by Crippen LogP contribution is -2.35. The van der Waals surface area contributed by atoms with Gasteiger partial charge in [0.2, 0.25) is 0 Å². The summed E-state index contributed by atoms with van der Waals surface area (Å²) in [6, 6.07) is 16.9. The number of aliphatic hydroxyl groups excluding tert-OH is 1. The van der Waals surface area contributed by atoms with Gasteiger partial charge in [-0.2, -0.15) is 0 Å². The Kier molecular flexibility index (Phi) is 4.99. The molecule has 2 aromatic rings. The summed E-state index contributed by atoms with van der Waals surface area (Å²) in [5.74, 6) is 0.848. The van der Waals surface area contributed by atoms with E-state index in [4.69, 9.17) is 4.74 Å². The van der Waals surface area contributed by atoms with Crippen LogP contribution < -0.4 is 4.74 Å². The molecule has 0 spiro atoms. The molecule has 122 valence electrons. The number of fused-ring (bicyclic) bond motifs is 1. The zero-order chi connectivity index (χ0) is 16.2. The highest BCUT2D eigenvalue weighted by molar-refractivity contribution is 5.34. The Morgan fingerprint density at radius 2 is 1.91 bits per heavy atom. The maximum Gasteiger partial charge on any atom is 0.122 e. The standard InChI is InChI=1S/C20H25NO2/c1-15-7-3-6-10-20(15)23-14-17(22)13-21(2)19-12-11-16-8-4-5-9-18(16)19/h3-10,17,19,22H,11-14H2,1-2H3/t17-,19+/m0/s1. The van der Waals surface area contributed by atoms with E-state index in [2.05, 4.69) is 36.2 Å². The lowest BCUT2D eigenvalue weighted by Gasteiger charge is -2.27. The maximum atomic E-state index is 10.3. The normalized spacial score (nSPS) is 18.0. The molecule has 1 aliphatic carbocycles. The number of likely N-dealkylation sites (N-methyl/N-ethyl adjacent to an activating group) is 1. The van der Waals surface area contributed by atoms with Gasteiger partial charge in [0.25, 0.3) is 0 Å².